The van der Waals surface area contributed by atoms with E-state index in [1.54, 1.807) is 14.2 Å². The number of ether oxygens (including phenoxy) is 4. The quantitative estimate of drug-likeness (QED) is 0.187. The number of methoxy groups -OCH3 is 2. The van der Waals surface area contributed by atoms with Crippen LogP contribution in [-0.2, 0) is 17.8 Å². The lowest BCUT2D eigenvalue weighted by Crippen LogP contribution is -2.37. The van der Waals surface area contributed by atoms with Crippen LogP contribution in [0.2, 0.25) is 0 Å². The molecule has 0 radical (unpaired) electrons. The number of Topliss-reactive ketones (excluding diaryl/α,β-unsaturated/α-hetero) is 1. The molecule has 0 atom stereocenters. The third-order valence-corrected chi connectivity index (χ3v) is 7.70. The molecule has 4 aromatic rings. The third kappa shape index (κ3) is 7.04. The van der Waals surface area contributed by atoms with Gasteiger partial charge in [0.15, 0.2) is 5.78 Å². The highest BCUT2D eigenvalue weighted by Gasteiger charge is 2.29. The average molecular weight is 564 g/mol. The van der Waals surface area contributed by atoms with Gasteiger partial charge in [0.05, 0.1) is 33.4 Å². The molecule has 1 aliphatic rings. The van der Waals surface area contributed by atoms with Gasteiger partial charge in [-0.05, 0) is 65.6 Å². The van der Waals surface area contributed by atoms with Crippen LogP contribution in [0.3, 0.4) is 0 Å². The fourth-order valence-corrected chi connectivity index (χ4v) is 5.30. The monoisotopic (exact) mass is 563 g/mol. The second-order valence-corrected chi connectivity index (χ2v) is 11.2. The van der Waals surface area contributed by atoms with E-state index in [2.05, 4.69) is 61.3 Å². The summed E-state index contributed by atoms with van der Waals surface area (Å²) in [4.78, 5) is 16.2. The van der Waals surface area contributed by atoms with E-state index < -0.39 is 5.79 Å². The van der Waals surface area contributed by atoms with Gasteiger partial charge in [0.2, 0.25) is 5.79 Å². The molecule has 216 valence electrons. The number of benzene rings is 4. The fraction of sp³-hybridized carbons (Fsp3) is 0.286. The Morgan fingerprint density at radius 1 is 0.881 bits per heavy atom. The van der Waals surface area contributed by atoms with E-state index in [9.17, 15) is 4.79 Å². The molecule has 42 heavy (non-hydrogen) atoms. The number of rotatable bonds is 11. The Morgan fingerprint density at radius 3 is 2.05 bits per heavy atom. The Hall–Kier alpha value is -4.07. The van der Waals surface area contributed by atoms with E-state index in [0.29, 0.717) is 18.7 Å². The Bertz CT molecular complexity index is 1450. The SMILES string of the molecule is Bc1ccc(CCN(CC(=O)c2ccc3c(c2)COC(C)(C)O3)C(c2ccc(OC)cc2)c2ccc(OC)cc2)cc1. The normalized spacial score (nSPS) is 13.9. The fourth-order valence-electron chi connectivity index (χ4n) is 5.30. The zero-order valence-corrected chi connectivity index (χ0v) is 25.1. The largest absolute Gasteiger partial charge is 0.497 e. The van der Waals surface area contributed by atoms with Crippen LogP contribution in [0.1, 0.15) is 52.5 Å². The molecule has 7 heteroatoms. The van der Waals surface area contributed by atoms with Gasteiger partial charge < -0.3 is 18.9 Å². The summed E-state index contributed by atoms with van der Waals surface area (Å²) in [6.45, 7) is 5.10. The Morgan fingerprint density at radius 2 is 1.48 bits per heavy atom. The molecule has 0 amide bonds. The van der Waals surface area contributed by atoms with Crippen molar-refractivity contribution in [3.63, 3.8) is 0 Å². The van der Waals surface area contributed by atoms with Crippen molar-refractivity contribution in [1.82, 2.24) is 4.90 Å². The lowest BCUT2D eigenvalue weighted by molar-refractivity contribution is -0.180. The van der Waals surface area contributed by atoms with Gasteiger partial charge in [-0.1, -0.05) is 54.0 Å². The number of carbonyl (C=O) groups is 1. The summed E-state index contributed by atoms with van der Waals surface area (Å²) < 4.78 is 22.7. The summed E-state index contributed by atoms with van der Waals surface area (Å²) in [5, 5.41) is 0. The number of ketones is 1. The maximum absolute atomic E-state index is 13.9. The van der Waals surface area contributed by atoms with E-state index in [1.807, 2.05) is 56.3 Å². The first-order valence-electron chi connectivity index (χ1n) is 14.3. The van der Waals surface area contributed by atoms with Crippen LogP contribution >= 0.6 is 0 Å². The summed E-state index contributed by atoms with van der Waals surface area (Å²) in [5.74, 6) is 1.69. The first-order valence-corrected chi connectivity index (χ1v) is 14.3. The van der Waals surface area contributed by atoms with Gasteiger partial charge in [0.25, 0.3) is 0 Å². The molecule has 4 aromatic carbocycles. The molecule has 5 rings (SSSR count). The lowest BCUT2D eigenvalue weighted by Gasteiger charge is -2.33. The van der Waals surface area contributed by atoms with Crippen molar-refractivity contribution in [2.24, 2.45) is 0 Å². The molecule has 1 aliphatic heterocycles. The molecular formula is C35H38BNO5. The number of fused-ring (bicyclic) bond motifs is 1. The maximum Gasteiger partial charge on any atom is 0.205 e. The van der Waals surface area contributed by atoms with Gasteiger partial charge in [0, 0.05) is 31.5 Å². The van der Waals surface area contributed by atoms with Crippen LogP contribution in [0, 0.1) is 0 Å². The zero-order valence-electron chi connectivity index (χ0n) is 25.1. The molecular weight excluding hydrogens is 525 g/mol. The summed E-state index contributed by atoms with van der Waals surface area (Å²) in [6.07, 6.45) is 0.803. The molecule has 0 saturated heterocycles. The van der Waals surface area contributed by atoms with Crippen molar-refractivity contribution in [3.8, 4) is 17.2 Å². The highest BCUT2D eigenvalue weighted by atomic mass is 16.7. The second-order valence-electron chi connectivity index (χ2n) is 11.2. The van der Waals surface area contributed by atoms with E-state index in [0.717, 1.165) is 40.4 Å². The van der Waals surface area contributed by atoms with Crippen LogP contribution < -0.4 is 19.7 Å². The second kappa shape index (κ2) is 12.8. The van der Waals surface area contributed by atoms with Gasteiger partial charge in [0.1, 0.15) is 25.1 Å². The highest BCUT2D eigenvalue weighted by Crippen LogP contribution is 2.34. The van der Waals surface area contributed by atoms with Gasteiger partial charge >= 0.3 is 0 Å². The summed E-state index contributed by atoms with van der Waals surface area (Å²) in [5.41, 5.74) is 6.13. The van der Waals surface area contributed by atoms with Gasteiger partial charge in [-0.3, -0.25) is 9.69 Å². The maximum atomic E-state index is 13.9. The number of hydrogen-bond acceptors (Lipinski definition) is 6. The minimum atomic E-state index is -0.685. The van der Waals surface area contributed by atoms with Crippen molar-refractivity contribution in [3.05, 3.63) is 119 Å². The molecule has 1 heterocycles. The first kappa shape index (κ1) is 29.4. The van der Waals surface area contributed by atoms with Crippen LogP contribution in [0.4, 0.5) is 0 Å². The van der Waals surface area contributed by atoms with Crippen LogP contribution in [-0.4, -0.2) is 51.6 Å². The van der Waals surface area contributed by atoms with Crippen molar-refractivity contribution in [2.75, 3.05) is 27.3 Å². The minimum Gasteiger partial charge on any atom is -0.497 e. The smallest absolute Gasteiger partial charge is 0.205 e. The zero-order chi connectivity index (χ0) is 29.7. The van der Waals surface area contributed by atoms with E-state index >= 15 is 0 Å². The summed E-state index contributed by atoms with van der Waals surface area (Å²) >= 11 is 0. The number of carbonyl (C=O) groups excluding carboxylic acids is 1. The Labute approximate surface area is 249 Å². The van der Waals surface area contributed by atoms with Gasteiger partial charge in [-0.15, -0.1) is 0 Å². The summed E-state index contributed by atoms with van der Waals surface area (Å²) in [7, 11) is 5.42. The molecule has 6 nitrogen and oxygen atoms in total. The molecule has 0 unspecified atom stereocenters. The molecule has 0 aliphatic carbocycles. The number of nitrogens with zero attached hydrogens (tertiary/aromatic N) is 1. The molecule has 0 spiro atoms. The van der Waals surface area contributed by atoms with Gasteiger partial charge in [-0.2, -0.15) is 0 Å². The lowest BCUT2D eigenvalue weighted by atomic mass is 9.93. The van der Waals surface area contributed by atoms with Crippen LogP contribution in [0.15, 0.2) is 91.0 Å². The highest BCUT2D eigenvalue weighted by molar-refractivity contribution is 6.32. The van der Waals surface area contributed by atoms with E-state index in [1.165, 1.54) is 11.0 Å². The topological polar surface area (TPSA) is 57.2 Å². The van der Waals surface area contributed by atoms with E-state index in [4.69, 9.17) is 18.9 Å². The predicted molar refractivity (Wildman–Crippen MR) is 168 cm³/mol. The Kier molecular flexibility index (Phi) is 9.00. The molecule has 0 fully saturated rings. The van der Waals surface area contributed by atoms with E-state index in [-0.39, 0.29) is 18.4 Å². The van der Waals surface area contributed by atoms with Gasteiger partial charge in [-0.25, -0.2) is 0 Å². The minimum absolute atomic E-state index is 0.0403. The van der Waals surface area contributed by atoms with Crippen molar-refractivity contribution in [1.29, 1.82) is 0 Å². The molecule has 0 saturated carbocycles. The predicted octanol–water partition coefficient (Wildman–Crippen LogP) is 5.12. The van der Waals surface area contributed by atoms with Crippen molar-refractivity contribution >= 4 is 19.1 Å². The molecule has 0 aromatic heterocycles. The van der Waals surface area contributed by atoms with Crippen molar-refractivity contribution in [2.45, 2.75) is 38.7 Å². The Balaban J connectivity index is 1.49. The first-order chi connectivity index (χ1) is 20.2. The number of hydrogen-bond donors (Lipinski definition) is 0. The average Bonchev–Trinajstić information content (AvgIpc) is 3.00. The van der Waals surface area contributed by atoms with Crippen molar-refractivity contribution < 1.29 is 23.7 Å². The molecule has 0 bridgehead atoms. The van der Waals surface area contributed by atoms with Crippen LogP contribution in [0.5, 0.6) is 17.2 Å². The van der Waals surface area contributed by atoms with Crippen LogP contribution in [0.25, 0.3) is 0 Å². The third-order valence-electron chi connectivity index (χ3n) is 7.70. The standard InChI is InChI=1S/C35H38BNO5/c1-35(2)41-23-28-21-27(11-18-33(28)42-35)32(38)22-37(20-19-24-5-12-29(36)13-6-24)34(25-7-14-30(39-3)15-8-25)26-9-16-31(40-4)17-10-26/h5-18,21,34H,19-20,22-23,36H2,1-4H3. The molecule has 0 N–H and O–H groups in total. The summed E-state index contributed by atoms with van der Waals surface area (Å²) in [6, 6.07) is 30.2.